The van der Waals surface area contributed by atoms with Gasteiger partial charge in [0.15, 0.2) is 5.17 Å². The molecule has 0 atom stereocenters. The molecular weight excluding hydrogens is 458 g/mol. The Morgan fingerprint density at radius 3 is 2.38 bits per heavy atom. The average Bonchev–Trinajstić information content (AvgIpc) is 3.31. The highest BCUT2D eigenvalue weighted by atomic mass is 35.5. The maximum absolute atomic E-state index is 13.6. The van der Waals surface area contributed by atoms with Crippen LogP contribution in [0.2, 0.25) is 5.02 Å². The van der Waals surface area contributed by atoms with Crippen LogP contribution in [-0.4, -0.2) is 29.6 Å². The zero-order chi connectivity index (χ0) is 22.1. The van der Waals surface area contributed by atoms with Crippen molar-refractivity contribution in [3.8, 4) is 0 Å². The monoisotopic (exact) mass is 477 g/mol. The summed E-state index contributed by atoms with van der Waals surface area (Å²) in [5.41, 5.74) is 3.08. The number of para-hydroxylation sites is 1. The first-order valence-electron chi connectivity index (χ1n) is 10.2. The van der Waals surface area contributed by atoms with Gasteiger partial charge in [-0.25, -0.2) is 4.99 Å². The molecular formula is C25H20ClN3OS2. The van der Waals surface area contributed by atoms with Crippen LogP contribution in [0.15, 0.2) is 98.7 Å². The molecule has 4 nitrogen and oxygen atoms in total. The van der Waals surface area contributed by atoms with Gasteiger partial charge in [-0.15, -0.1) is 0 Å². The second-order valence-electron chi connectivity index (χ2n) is 7.43. The van der Waals surface area contributed by atoms with E-state index in [0.29, 0.717) is 16.7 Å². The van der Waals surface area contributed by atoms with Gasteiger partial charge in [-0.3, -0.25) is 9.69 Å². The van der Waals surface area contributed by atoms with E-state index < -0.39 is 0 Å². The van der Waals surface area contributed by atoms with E-state index in [-0.39, 0.29) is 5.91 Å². The number of carbonyl (C=O) groups is 1. The van der Waals surface area contributed by atoms with E-state index in [1.807, 2.05) is 61.6 Å². The fourth-order valence-electron chi connectivity index (χ4n) is 3.63. The van der Waals surface area contributed by atoms with Gasteiger partial charge in [0.05, 0.1) is 16.4 Å². The quantitative estimate of drug-likeness (QED) is 0.399. The Morgan fingerprint density at radius 1 is 0.906 bits per heavy atom. The number of anilines is 1. The van der Waals surface area contributed by atoms with E-state index in [1.54, 1.807) is 16.7 Å². The standard InChI is InChI=1S/C25H20ClN3OS2/c1-28-20-9-5-6-10-21(20)31-24(28)22-23(30)29(16-15-17-7-3-2-4-8-17)25(32-22)27-19-13-11-18(26)12-14-19/h2-14H,15-16H2,1H3/b24-22-,27-25?. The summed E-state index contributed by atoms with van der Waals surface area (Å²) in [6.07, 6.45) is 0.762. The number of halogens is 1. The molecule has 1 saturated heterocycles. The topological polar surface area (TPSA) is 35.9 Å². The van der Waals surface area contributed by atoms with Crippen LogP contribution in [0, 0.1) is 0 Å². The zero-order valence-corrected chi connectivity index (χ0v) is 19.8. The first-order valence-corrected chi connectivity index (χ1v) is 12.2. The third kappa shape index (κ3) is 4.18. The second-order valence-corrected chi connectivity index (χ2v) is 9.87. The predicted molar refractivity (Wildman–Crippen MR) is 136 cm³/mol. The first kappa shape index (κ1) is 21.2. The van der Waals surface area contributed by atoms with Crippen LogP contribution in [0.4, 0.5) is 11.4 Å². The van der Waals surface area contributed by atoms with Gasteiger partial charge >= 0.3 is 0 Å². The number of aliphatic imine (C=N–C) groups is 1. The minimum Gasteiger partial charge on any atom is -0.337 e. The van der Waals surface area contributed by atoms with E-state index in [4.69, 9.17) is 16.6 Å². The Bertz CT molecular complexity index is 1230. The molecule has 0 spiro atoms. The summed E-state index contributed by atoms with van der Waals surface area (Å²) < 4.78 is 0. The molecule has 1 fully saturated rings. The fraction of sp³-hybridized carbons (Fsp3) is 0.120. The number of rotatable bonds is 4. The summed E-state index contributed by atoms with van der Waals surface area (Å²) >= 11 is 9.11. The predicted octanol–water partition coefficient (Wildman–Crippen LogP) is 6.56. The van der Waals surface area contributed by atoms with E-state index in [1.165, 1.54) is 17.3 Å². The molecule has 7 heteroatoms. The molecule has 3 aromatic carbocycles. The number of amidine groups is 1. The maximum Gasteiger partial charge on any atom is 0.269 e. The molecule has 0 aromatic heterocycles. The summed E-state index contributed by atoms with van der Waals surface area (Å²) in [7, 11) is 2.01. The lowest BCUT2D eigenvalue weighted by molar-refractivity contribution is -0.122. The molecule has 160 valence electrons. The number of benzene rings is 3. The van der Waals surface area contributed by atoms with Gasteiger partial charge in [0.2, 0.25) is 0 Å². The van der Waals surface area contributed by atoms with Gasteiger partial charge in [-0.2, -0.15) is 0 Å². The van der Waals surface area contributed by atoms with Gasteiger partial charge in [0.1, 0.15) is 4.91 Å². The minimum absolute atomic E-state index is 0.000741. The Balaban J connectivity index is 1.49. The van der Waals surface area contributed by atoms with Crippen molar-refractivity contribution in [2.75, 3.05) is 18.5 Å². The highest BCUT2D eigenvalue weighted by Gasteiger charge is 2.38. The average molecular weight is 478 g/mol. The van der Waals surface area contributed by atoms with Gasteiger partial charge in [-0.05, 0) is 60.1 Å². The molecule has 32 heavy (non-hydrogen) atoms. The van der Waals surface area contributed by atoms with Gasteiger partial charge in [0.25, 0.3) is 5.91 Å². The highest BCUT2D eigenvalue weighted by molar-refractivity contribution is 8.19. The van der Waals surface area contributed by atoms with Crippen LogP contribution in [0.1, 0.15) is 5.56 Å². The van der Waals surface area contributed by atoms with Gasteiger partial charge in [-0.1, -0.05) is 65.8 Å². The van der Waals surface area contributed by atoms with E-state index >= 15 is 0 Å². The lowest BCUT2D eigenvalue weighted by atomic mass is 10.1. The van der Waals surface area contributed by atoms with Crippen molar-refractivity contribution in [3.05, 3.63) is 99.4 Å². The van der Waals surface area contributed by atoms with Crippen molar-refractivity contribution >= 4 is 57.6 Å². The summed E-state index contributed by atoms with van der Waals surface area (Å²) in [5, 5.41) is 2.31. The highest BCUT2D eigenvalue weighted by Crippen LogP contribution is 2.50. The molecule has 3 aromatic rings. The molecule has 0 saturated carbocycles. The first-order chi connectivity index (χ1) is 15.6. The SMILES string of the molecule is CN1/C(=C2/SC(=Nc3ccc(Cl)cc3)N(CCc3ccccc3)C2=O)Sc2ccccc21. The minimum atomic E-state index is 0.000741. The molecule has 0 radical (unpaired) electrons. The number of amides is 1. The summed E-state index contributed by atoms with van der Waals surface area (Å²) in [4.78, 5) is 24.1. The molecule has 0 N–H and O–H groups in total. The Labute approximate surface area is 201 Å². The summed E-state index contributed by atoms with van der Waals surface area (Å²) in [6.45, 7) is 0.570. The van der Waals surface area contributed by atoms with E-state index in [2.05, 4.69) is 29.2 Å². The molecule has 1 amide bonds. The number of hydrogen-bond donors (Lipinski definition) is 0. The van der Waals surface area contributed by atoms with Crippen LogP contribution in [0.3, 0.4) is 0 Å². The van der Waals surface area contributed by atoms with Crippen LogP contribution < -0.4 is 4.90 Å². The van der Waals surface area contributed by atoms with Crippen molar-refractivity contribution < 1.29 is 4.79 Å². The number of carbonyl (C=O) groups excluding carboxylic acids is 1. The Morgan fingerprint density at radius 2 is 1.62 bits per heavy atom. The van der Waals surface area contributed by atoms with Crippen molar-refractivity contribution in [2.24, 2.45) is 4.99 Å². The van der Waals surface area contributed by atoms with Crippen molar-refractivity contribution in [1.82, 2.24) is 4.90 Å². The summed E-state index contributed by atoms with van der Waals surface area (Å²) in [6, 6.07) is 25.8. The van der Waals surface area contributed by atoms with E-state index in [0.717, 1.165) is 32.6 Å². The second kappa shape index (κ2) is 9.06. The van der Waals surface area contributed by atoms with E-state index in [9.17, 15) is 4.79 Å². The molecule has 2 aliphatic heterocycles. The van der Waals surface area contributed by atoms with Crippen LogP contribution in [0.25, 0.3) is 0 Å². The molecule has 5 rings (SSSR count). The number of hydrogen-bond acceptors (Lipinski definition) is 5. The fourth-order valence-corrected chi connectivity index (χ4v) is 6.12. The van der Waals surface area contributed by atoms with Gasteiger partial charge < -0.3 is 4.90 Å². The van der Waals surface area contributed by atoms with Crippen molar-refractivity contribution in [1.29, 1.82) is 0 Å². The lowest BCUT2D eigenvalue weighted by Gasteiger charge is -2.16. The third-order valence-electron chi connectivity index (χ3n) is 5.31. The largest absolute Gasteiger partial charge is 0.337 e. The number of nitrogens with zero attached hydrogens (tertiary/aromatic N) is 3. The third-order valence-corrected chi connectivity index (χ3v) is 8.00. The van der Waals surface area contributed by atoms with Crippen molar-refractivity contribution in [2.45, 2.75) is 11.3 Å². The van der Waals surface area contributed by atoms with Crippen molar-refractivity contribution in [3.63, 3.8) is 0 Å². The molecule has 0 unspecified atom stereocenters. The number of fused-ring (bicyclic) bond motifs is 1. The lowest BCUT2D eigenvalue weighted by Crippen LogP contribution is -2.31. The van der Waals surface area contributed by atoms with Crippen LogP contribution in [-0.2, 0) is 11.2 Å². The molecule has 0 bridgehead atoms. The Hall–Kier alpha value is -2.67. The normalized spacial score (nSPS) is 19.2. The zero-order valence-electron chi connectivity index (χ0n) is 17.4. The molecule has 0 aliphatic carbocycles. The van der Waals surface area contributed by atoms with Crippen LogP contribution in [0.5, 0.6) is 0 Å². The summed E-state index contributed by atoms with van der Waals surface area (Å²) in [5.74, 6) is 0.000741. The number of thioether (sulfide) groups is 2. The smallest absolute Gasteiger partial charge is 0.269 e. The maximum atomic E-state index is 13.6. The Kier molecular flexibility index (Phi) is 6.00. The molecule has 2 aliphatic rings. The van der Waals surface area contributed by atoms with Crippen LogP contribution >= 0.6 is 35.1 Å². The van der Waals surface area contributed by atoms with Gasteiger partial charge in [0, 0.05) is 23.5 Å². The molecule has 2 heterocycles.